The van der Waals surface area contributed by atoms with Crippen molar-refractivity contribution in [2.45, 2.75) is 4.90 Å². The summed E-state index contributed by atoms with van der Waals surface area (Å²) < 4.78 is 26.5. The molecule has 0 aliphatic rings. The van der Waals surface area contributed by atoms with Crippen LogP contribution < -0.4 is 10.0 Å². The largest absolute Gasteiger partial charge is 0.387 e. The van der Waals surface area contributed by atoms with Gasteiger partial charge in [0.2, 0.25) is 0 Å². The maximum Gasteiger partial charge on any atom is 0.267 e. The van der Waals surface area contributed by atoms with Gasteiger partial charge in [0.15, 0.2) is 5.13 Å². The van der Waals surface area contributed by atoms with Gasteiger partial charge >= 0.3 is 0 Å². The molecule has 17 heavy (non-hydrogen) atoms. The molecule has 8 heteroatoms. The zero-order valence-corrected chi connectivity index (χ0v) is 10.5. The number of sulfonamides is 1. The lowest BCUT2D eigenvalue weighted by atomic mass is 10.4. The van der Waals surface area contributed by atoms with E-state index in [1.165, 1.54) is 29.9 Å². The maximum atomic E-state index is 12.1. The van der Waals surface area contributed by atoms with E-state index in [1.54, 1.807) is 18.5 Å². The standard InChI is InChI=1S/C9H10N4O2S2/c1-10-7-2-3-11-6-8(7)17(14,15)13-9-12-4-5-16-9/h2-6H,1H3,(H,10,11)(H,12,13). The SMILES string of the molecule is CNc1ccncc1S(=O)(=O)Nc1nccs1. The van der Waals surface area contributed by atoms with Crippen LogP contribution in [0.2, 0.25) is 0 Å². The third-order valence-corrected chi connectivity index (χ3v) is 4.18. The molecule has 0 atom stereocenters. The van der Waals surface area contributed by atoms with Crippen LogP contribution in [0.25, 0.3) is 0 Å². The summed E-state index contributed by atoms with van der Waals surface area (Å²) in [5.74, 6) is 0. The summed E-state index contributed by atoms with van der Waals surface area (Å²) in [6.07, 6.45) is 4.35. The second-order valence-electron chi connectivity index (χ2n) is 3.06. The van der Waals surface area contributed by atoms with Crippen LogP contribution in [0.1, 0.15) is 0 Å². The number of hydrogen-bond donors (Lipinski definition) is 2. The van der Waals surface area contributed by atoms with E-state index in [2.05, 4.69) is 20.0 Å². The van der Waals surface area contributed by atoms with Gasteiger partial charge in [-0.15, -0.1) is 11.3 Å². The van der Waals surface area contributed by atoms with Gasteiger partial charge < -0.3 is 5.32 Å². The first-order valence-corrected chi connectivity index (χ1v) is 7.04. The molecule has 0 aliphatic carbocycles. The minimum Gasteiger partial charge on any atom is -0.387 e. The van der Waals surface area contributed by atoms with Gasteiger partial charge in [-0.1, -0.05) is 0 Å². The maximum absolute atomic E-state index is 12.1. The first-order valence-electron chi connectivity index (χ1n) is 4.67. The number of aromatic nitrogens is 2. The van der Waals surface area contributed by atoms with E-state index in [0.29, 0.717) is 10.8 Å². The predicted molar refractivity (Wildman–Crippen MR) is 66.7 cm³/mol. The fraction of sp³-hybridized carbons (Fsp3) is 0.111. The third kappa shape index (κ3) is 2.53. The van der Waals surface area contributed by atoms with Crippen LogP contribution in [0.3, 0.4) is 0 Å². The Hall–Kier alpha value is -1.67. The van der Waals surface area contributed by atoms with Gasteiger partial charge in [-0.2, -0.15) is 0 Å². The Labute approximate surface area is 103 Å². The molecule has 6 nitrogen and oxygen atoms in total. The van der Waals surface area contributed by atoms with E-state index >= 15 is 0 Å². The second-order valence-corrected chi connectivity index (χ2v) is 5.61. The lowest BCUT2D eigenvalue weighted by Crippen LogP contribution is -2.14. The highest BCUT2D eigenvalue weighted by Gasteiger charge is 2.19. The van der Waals surface area contributed by atoms with Gasteiger partial charge in [0.25, 0.3) is 10.0 Å². The van der Waals surface area contributed by atoms with Gasteiger partial charge in [-0.3, -0.25) is 9.71 Å². The van der Waals surface area contributed by atoms with E-state index in [4.69, 9.17) is 0 Å². The zero-order valence-electron chi connectivity index (χ0n) is 8.91. The predicted octanol–water partition coefficient (Wildman–Crippen LogP) is 1.38. The topological polar surface area (TPSA) is 84.0 Å². The molecule has 2 heterocycles. The van der Waals surface area contributed by atoms with E-state index < -0.39 is 10.0 Å². The van der Waals surface area contributed by atoms with Gasteiger partial charge in [0.1, 0.15) is 4.90 Å². The highest BCUT2D eigenvalue weighted by atomic mass is 32.2. The first-order chi connectivity index (χ1) is 8.13. The summed E-state index contributed by atoms with van der Waals surface area (Å²) >= 11 is 1.22. The van der Waals surface area contributed by atoms with Crippen LogP contribution in [-0.4, -0.2) is 25.4 Å². The lowest BCUT2D eigenvalue weighted by Gasteiger charge is -2.09. The second kappa shape index (κ2) is 4.68. The van der Waals surface area contributed by atoms with Crippen LogP contribution >= 0.6 is 11.3 Å². The third-order valence-electron chi connectivity index (χ3n) is 2.00. The lowest BCUT2D eigenvalue weighted by molar-refractivity contribution is 0.601. The Morgan fingerprint density at radius 1 is 1.35 bits per heavy atom. The van der Waals surface area contributed by atoms with E-state index in [9.17, 15) is 8.42 Å². The monoisotopic (exact) mass is 270 g/mol. The Kier molecular flexibility index (Phi) is 3.25. The fourth-order valence-electron chi connectivity index (χ4n) is 1.24. The van der Waals surface area contributed by atoms with Crippen molar-refractivity contribution >= 4 is 32.2 Å². The molecule has 0 fully saturated rings. The summed E-state index contributed by atoms with van der Waals surface area (Å²) in [5, 5.41) is 4.83. The molecule has 0 unspecified atom stereocenters. The van der Waals surface area contributed by atoms with Crippen LogP contribution in [0.4, 0.5) is 10.8 Å². The van der Waals surface area contributed by atoms with Crippen molar-refractivity contribution in [2.24, 2.45) is 0 Å². The highest BCUT2D eigenvalue weighted by Crippen LogP contribution is 2.22. The molecule has 0 spiro atoms. The average Bonchev–Trinajstić information content (AvgIpc) is 2.81. The quantitative estimate of drug-likeness (QED) is 0.877. The Morgan fingerprint density at radius 3 is 2.82 bits per heavy atom. The van der Waals surface area contributed by atoms with Crippen LogP contribution in [0.5, 0.6) is 0 Å². The first kappa shape index (κ1) is 11.8. The van der Waals surface area contributed by atoms with Crippen molar-refractivity contribution in [2.75, 3.05) is 17.1 Å². The van der Waals surface area contributed by atoms with Crippen molar-refractivity contribution in [3.05, 3.63) is 30.0 Å². The summed E-state index contributed by atoms with van der Waals surface area (Å²) in [6, 6.07) is 1.59. The van der Waals surface area contributed by atoms with E-state index in [-0.39, 0.29) is 4.90 Å². The smallest absolute Gasteiger partial charge is 0.267 e. The molecule has 2 N–H and O–H groups in total. The van der Waals surface area contributed by atoms with Gasteiger partial charge in [-0.05, 0) is 6.07 Å². The van der Waals surface area contributed by atoms with Crippen LogP contribution in [-0.2, 0) is 10.0 Å². The van der Waals surface area contributed by atoms with Gasteiger partial charge in [0, 0.05) is 31.0 Å². The van der Waals surface area contributed by atoms with Crippen molar-refractivity contribution in [3.63, 3.8) is 0 Å². The summed E-state index contributed by atoms with van der Waals surface area (Å²) in [6.45, 7) is 0. The molecule has 0 bridgehead atoms. The Bertz CT molecular complexity index is 595. The zero-order chi connectivity index (χ0) is 12.3. The molecule has 2 aromatic rings. The fourth-order valence-corrected chi connectivity index (χ4v) is 3.19. The number of nitrogens with zero attached hydrogens (tertiary/aromatic N) is 2. The highest BCUT2D eigenvalue weighted by molar-refractivity contribution is 7.93. The van der Waals surface area contributed by atoms with Crippen LogP contribution in [0, 0.1) is 0 Å². The van der Waals surface area contributed by atoms with Gasteiger partial charge in [0.05, 0.1) is 5.69 Å². The number of nitrogens with one attached hydrogen (secondary N) is 2. The van der Waals surface area contributed by atoms with Gasteiger partial charge in [-0.25, -0.2) is 13.4 Å². The molecule has 90 valence electrons. The molecular formula is C9H10N4O2S2. The number of rotatable bonds is 4. The molecule has 0 aliphatic heterocycles. The molecule has 2 aromatic heterocycles. The molecule has 0 aromatic carbocycles. The summed E-state index contributed by atoms with van der Waals surface area (Å²) in [5.41, 5.74) is 0.490. The summed E-state index contributed by atoms with van der Waals surface area (Å²) in [4.78, 5) is 7.78. The molecular weight excluding hydrogens is 260 g/mol. The number of pyridine rings is 1. The van der Waals surface area contributed by atoms with E-state index in [1.807, 2.05) is 0 Å². The Balaban J connectivity index is 2.38. The normalized spacial score (nSPS) is 11.1. The molecule has 2 rings (SSSR count). The van der Waals surface area contributed by atoms with E-state index in [0.717, 1.165) is 0 Å². The molecule has 0 radical (unpaired) electrons. The molecule has 0 saturated heterocycles. The van der Waals surface area contributed by atoms with Crippen LogP contribution in [0.15, 0.2) is 34.9 Å². The van der Waals surface area contributed by atoms with Crippen molar-refractivity contribution in [3.8, 4) is 0 Å². The number of hydrogen-bond acceptors (Lipinski definition) is 6. The average molecular weight is 270 g/mol. The molecule has 0 saturated carbocycles. The number of thiazole rings is 1. The minimum atomic E-state index is -3.65. The van der Waals surface area contributed by atoms with Crippen molar-refractivity contribution in [1.29, 1.82) is 0 Å². The van der Waals surface area contributed by atoms with Crippen molar-refractivity contribution < 1.29 is 8.42 Å². The summed E-state index contributed by atoms with van der Waals surface area (Å²) in [7, 11) is -2.00. The minimum absolute atomic E-state index is 0.0951. The van der Waals surface area contributed by atoms with Crippen molar-refractivity contribution in [1.82, 2.24) is 9.97 Å². The molecule has 0 amide bonds. The Morgan fingerprint density at radius 2 is 2.18 bits per heavy atom. The number of anilines is 2.